The smallest absolute Gasteiger partial charge is 0.306 e. The second kappa shape index (κ2) is 48.0. The molecule has 1 heterocycles. The van der Waals surface area contributed by atoms with E-state index in [0.29, 0.717) is 25.7 Å². The molecule has 1 saturated heterocycles. The molecule has 4 N–H and O–H groups in total. The molecule has 0 aromatic rings. The summed E-state index contributed by atoms with van der Waals surface area (Å²) < 4.78 is 54.3. The maximum Gasteiger partial charge on any atom is 0.306 e. The van der Waals surface area contributed by atoms with Gasteiger partial charge in [-0.05, 0) is 70.6 Å². The Balaban J connectivity index is 2.37. The number of rotatable bonds is 49. The third-order valence-corrected chi connectivity index (χ3v) is 13.8. The Labute approximate surface area is 438 Å². The lowest BCUT2D eigenvalue weighted by Crippen LogP contribution is -2.60. The van der Waals surface area contributed by atoms with Crippen LogP contribution < -0.4 is 0 Å². The molecule has 6 atom stereocenters. The Hall–Kier alpha value is -2.65. The van der Waals surface area contributed by atoms with Gasteiger partial charge in [-0.25, -0.2) is 0 Å². The van der Waals surface area contributed by atoms with E-state index in [-0.39, 0.29) is 19.4 Å². The van der Waals surface area contributed by atoms with Crippen LogP contribution in [0.2, 0.25) is 0 Å². The fraction of sp³-hybridized carbons (Fsp3) is 0.797. The van der Waals surface area contributed by atoms with Crippen LogP contribution in [0.1, 0.15) is 245 Å². The standard InChI is InChI=1S/C59H104O12S/c1-3-5-7-9-11-13-15-17-19-21-23-25-26-28-30-32-34-36-38-40-42-44-46-48-55(61)70-52(50-69-59-58(64)57(63)56(62)53(71-59)51-72(65,66)67)49-68-54(60)47-45-43-41-39-37-35-33-31-29-27-24-22-20-18-16-14-12-10-8-6-4-2/h20,22,27,29,33,35,39-42,52-53,56-59,62-64H,3-19,21,23-26,28,30-32,34,36-38,43-51H2,1-2H3,(H,65,66,67)/b22-20+,29-27+,35-33+,41-39+,42-40+/t52-,53-,56-,57?,58?,59+/m1/s1. The lowest BCUT2D eigenvalue weighted by atomic mass is 10.00. The van der Waals surface area contributed by atoms with Crippen molar-refractivity contribution in [3.8, 4) is 0 Å². The van der Waals surface area contributed by atoms with E-state index in [0.717, 1.165) is 38.5 Å². The van der Waals surface area contributed by atoms with Gasteiger partial charge in [0.05, 0.1) is 6.61 Å². The number of carbonyl (C=O) groups excluding carboxylic acids is 2. The van der Waals surface area contributed by atoms with Crippen LogP contribution in [0.3, 0.4) is 0 Å². The van der Waals surface area contributed by atoms with Crippen molar-refractivity contribution in [2.24, 2.45) is 0 Å². The lowest BCUT2D eigenvalue weighted by molar-refractivity contribution is -0.297. The van der Waals surface area contributed by atoms with Gasteiger partial charge in [0.1, 0.15) is 36.8 Å². The average Bonchev–Trinajstić information content (AvgIpc) is 3.35. The van der Waals surface area contributed by atoms with Crippen molar-refractivity contribution >= 4 is 22.1 Å². The molecule has 1 fully saturated rings. The van der Waals surface area contributed by atoms with Gasteiger partial charge < -0.3 is 34.3 Å². The molecule has 1 aliphatic heterocycles. The monoisotopic (exact) mass is 1040 g/mol. The highest BCUT2D eigenvalue weighted by molar-refractivity contribution is 7.85. The molecule has 0 aromatic heterocycles. The van der Waals surface area contributed by atoms with Gasteiger partial charge in [-0.1, -0.05) is 222 Å². The number of hydrogen-bond acceptors (Lipinski definition) is 11. The van der Waals surface area contributed by atoms with Crippen molar-refractivity contribution in [2.45, 2.75) is 282 Å². The molecular weight excluding hydrogens is 933 g/mol. The minimum Gasteiger partial charge on any atom is -0.462 e. The number of carbonyl (C=O) groups is 2. The molecule has 0 spiro atoms. The van der Waals surface area contributed by atoms with Crippen molar-refractivity contribution in [1.29, 1.82) is 0 Å². The van der Waals surface area contributed by atoms with Gasteiger partial charge in [0.15, 0.2) is 12.4 Å². The zero-order chi connectivity index (χ0) is 52.6. The van der Waals surface area contributed by atoms with E-state index in [9.17, 15) is 37.9 Å². The zero-order valence-electron chi connectivity index (χ0n) is 45.3. The van der Waals surface area contributed by atoms with Crippen LogP contribution in [-0.2, 0) is 38.7 Å². The van der Waals surface area contributed by atoms with Gasteiger partial charge >= 0.3 is 11.9 Å². The van der Waals surface area contributed by atoms with Crippen LogP contribution in [0.15, 0.2) is 60.8 Å². The summed E-state index contributed by atoms with van der Waals surface area (Å²) in [6.45, 7) is 3.73. The summed E-state index contributed by atoms with van der Waals surface area (Å²) in [6.07, 6.45) is 52.8. The average molecular weight is 1040 g/mol. The zero-order valence-corrected chi connectivity index (χ0v) is 46.1. The summed E-state index contributed by atoms with van der Waals surface area (Å²) in [4.78, 5) is 25.6. The summed E-state index contributed by atoms with van der Waals surface area (Å²) in [5, 5.41) is 31.0. The summed E-state index contributed by atoms with van der Waals surface area (Å²) in [5.41, 5.74) is 0. The van der Waals surface area contributed by atoms with Gasteiger partial charge in [-0.2, -0.15) is 8.42 Å². The highest BCUT2D eigenvalue weighted by Gasteiger charge is 2.46. The van der Waals surface area contributed by atoms with Crippen LogP contribution >= 0.6 is 0 Å². The van der Waals surface area contributed by atoms with E-state index in [1.807, 2.05) is 6.08 Å². The molecule has 2 unspecified atom stereocenters. The summed E-state index contributed by atoms with van der Waals surface area (Å²) >= 11 is 0. The third-order valence-electron chi connectivity index (χ3n) is 13.1. The van der Waals surface area contributed by atoms with Crippen LogP contribution in [0.5, 0.6) is 0 Å². The maximum absolute atomic E-state index is 12.9. The van der Waals surface area contributed by atoms with Crippen molar-refractivity contribution in [2.75, 3.05) is 19.0 Å². The summed E-state index contributed by atoms with van der Waals surface area (Å²) in [5.74, 6) is -2.09. The van der Waals surface area contributed by atoms with Crippen LogP contribution in [0.25, 0.3) is 0 Å². The van der Waals surface area contributed by atoms with E-state index < -0.39 is 71.2 Å². The largest absolute Gasteiger partial charge is 0.462 e. The number of aliphatic hydroxyl groups excluding tert-OH is 3. The summed E-state index contributed by atoms with van der Waals surface area (Å²) in [6, 6.07) is 0. The third kappa shape index (κ3) is 41.7. The summed E-state index contributed by atoms with van der Waals surface area (Å²) in [7, 11) is -4.62. The number of ether oxygens (including phenoxy) is 4. The van der Waals surface area contributed by atoms with Crippen LogP contribution in [0.4, 0.5) is 0 Å². The van der Waals surface area contributed by atoms with E-state index in [4.69, 9.17) is 18.9 Å². The number of unbranched alkanes of at least 4 members (excludes halogenated alkanes) is 27. The fourth-order valence-corrected chi connectivity index (χ4v) is 9.31. The van der Waals surface area contributed by atoms with Crippen molar-refractivity contribution in [3.05, 3.63) is 60.8 Å². The number of allylic oxidation sites excluding steroid dienone is 10. The fourth-order valence-electron chi connectivity index (χ4n) is 8.62. The van der Waals surface area contributed by atoms with Crippen LogP contribution in [0, 0.1) is 0 Å². The molecule has 0 amide bonds. The number of aliphatic hydroxyl groups is 3. The molecule has 0 saturated carbocycles. The minimum atomic E-state index is -4.62. The SMILES string of the molecule is CCCCCCCCC/C=C/C/C=C/C/C=C/C/C=C/CCCC(=O)OC[C@H](CO[C@H]1O[C@H](CS(=O)(=O)O)[C@@H](O)C(O)C1O)OC(=O)CCC/C=C/CCCCCCCCCCCCCCCCCCCC. The van der Waals surface area contributed by atoms with Crippen molar-refractivity contribution in [3.63, 3.8) is 0 Å². The minimum absolute atomic E-state index is 0.104. The van der Waals surface area contributed by atoms with Gasteiger partial charge in [0, 0.05) is 12.8 Å². The molecule has 0 aliphatic carbocycles. The van der Waals surface area contributed by atoms with Crippen LogP contribution in [-0.4, -0.2) is 96.0 Å². The molecule has 13 heteroatoms. The lowest BCUT2D eigenvalue weighted by Gasteiger charge is -2.40. The normalized spacial score (nSPS) is 19.2. The molecule has 1 rings (SSSR count). The molecular formula is C59H104O12S. The maximum atomic E-state index is 12.9. The van der Waals surface area contributed by atoms with Crippen molar-refractivity contribution in [1.82, 2.24) is 0 Å². The van der Waals surface area contributed by atoms with Gasteiger partial charge in [-0.15, -0.1) is 0 Å². The van der Waals surface area contributed by atoms with E-state index in [2.05, 4.69) is 68.5 Å². The topological polar surface area (TPSA) is 186 Å². The van der Waals surface area contributed by atoms with E-state index in [1.54, 1.807) is 0 Å². The first-order valence-electron chi connectivity index (χ1n) is 28.8. The Bertz CT molecular complexity index is 1540. The van der Waals surface area contributed by atoms with Gasteiger partial charge in [-0.3, -0.25) is 14.1 Å². The molecule has 0 bridgehead atoms. The first-order valence-corrected chi connectivity index (χ1v) is 30.5. The first kappa shape index (κ1) is 67.4. The highest BCUT2D eigenvalue weighted by Crippen LogP contribution is 2.24. The molecule has 12 nitrogen and oxygen atoms in total. The van der Waals surface area contributed by atoms with Gasteiger partial charge in [0.2, 0.25) is 0 Å². The molecule has 418 valence electrons. The number of hydrogen-bond donors (Lipinski definition) is 4. The Morgan fingerprint density at radius 1 is 0.472 bits per heavy atom. The van der Waals surface area contributed by atoms with Gasteiger partial charge in [0.25, 0.3) is 10.1 Å². The first-order chi connectivity index (χ1) is 35.0. The quantitative estimate of drug-likeness (QED) is 0.0196. The number of esters is 2. The Kier molecular flexibility index (Phi) is 44.9. The second-order valence-corrected chi connectivity index (χ2v) is 21.4. The van der Waals surface area contributed by atoms with Crippen molar-refractivity contribution < 1.29 is 56.8 Å². The molecule has 0 aromatic carbocycles. The Morgan fingerprint density at radius 3 is 1.25 bits per heavy atom. The Morgan fingerprint density at radius 2 is 0.833 bits per heavy atom. The molecule has 72 heavy (non-hydrogen) atoms. The van der Waals surface area contributed by atoms with E-state index in [1.165, 1.54) is 154 Å². The van der Waals surface area contributed by atoms with E-state index >= 15 is 0 Å². The highest BCUT2D eigenvalue weighted by atomic mass is 32.2. The predicted octanol–water partition coefficient (Wildman–Crippen LogP) is 14.0. The molecule has 0 radical (unpaired) electrons. The predicted molar refractivity (Wildman–Crippen MR) is 293 cm³/mol. The molecule has 1 aliphatic rings. The second-order valence-electron chi connectivity index (χ2n) is 19.9.